The molecule has 3 heteroatoms. The number of aromatic nitrogens is 2. The summed E-state index contributed by atoms with van der Waals surface area (Å²) < 4.78 is 5.09. The molecule has 3 rings (SSSR count). The maximum Gasteiger partial charge on any atom is 0.223 e. The zero-order valence-corrected chi connectivity index (χ0v) is 9.98. The molecule has 2 saturated carbocycles. The zero-order chi connectivity index (χ0) is 11.0. The summed E-state index contributed by atoms with van der Waals surface area (Å²) in [5.74, 6) is 4.17. The summed E-state index contributed by atoms with van der Waals surface area (Å²) in [5, 5.41) is 4.09. The van der Waals surface area contributed by atoms with Crippen molar-refractivity contribution in [3.63, 3.8) is 0 Å². The van der Waals surface area contributed by atoms with Crippen LogP contribution in [-0.2, 0) is 0 Å². The van der Waals surface area contributed by atoms with Crippen LogP contribution in [0.4, 0.5) is 0 Å². The van der Waals surface area contributed by atoms with Crippen molar-refractivity contribution in [3.8, 4) is 0 Å². The minimum absolute atomic E-state index is 0.566. The van der Waals surface area contributed by atoms with Crippen molar-refractivity contribution in [1.82, 2.24) is 10.1 Å². The van der Waals surface area contributed by atoms with E-state index in [1.807, 2.05) is 6.92 Å². The van der Waals surface area contributed by atoms with Crippen LogP contribution in [0.5, 0.6) is 0 Å². The van der Waals surface area contributed by atoms with Crippen molar-refractivity contribution in [2.45, 2.75) is 57.8 Å². The fourth-order valence-corrected chi connectivity index (χ4v) is 3.59. The summed E-state index contributed by atoms with van der Waals surface area (Å²) >= 11 is 0. The van der Waals surface area contributed by atoms with E-state index in [1.165, 1.54) is 44.9 Å². The minimum Gasteiger partial charge on any atom is -0.340 e. The molecule has 2 aliphatic carbocycles. The van der Waals surface area contributed by atoms with E-state index in [0.29, 0.717) is 11.8 Å². The van der Waals surface area contributed by atoms with Gasteiger partial charge in [-0.15, -0.1) is 0 Å². The van der Waals surface area contributed by atoms with Crippen molar-refractivity contribution < 1.29 is 4.52 Å². The van der Waals surface area contributed by atoms with E-state index in [1.54, 1.807) is 0 Å². The number of hydrogen-bond acceptors (Lipinski definition) is 3. The van der Waals surface area contributed by atoms with Gasteiger partial charge in [-0.05, 0) is 31.1 Å². The van der Waals surface area contributed by atoms with Gasteiger partial charge in [-0.25, -0.2) is 0 Å². The Morgan fingerprint density at radius 2 is 1.88 bits per heavy atom. The summed E-state index contributed by atoms with van der Waals surface area (Å²) in [7, 11) is 0. The SMILES string of the molecule is Cc1nc([C@@H]2CCC3CCCCC3C2)no1. The lowest BCUT2D eigenvalue weighted by atomic mass is 9.67. The molecule has 0 aliphatic heterocycles. The predicted octanol–water partition coefficient (Wildman–Crippen LogP) is 3.45. The number of aryl methyl sites for hydroxylation is 1. The van der Waals surface area contributed by atoms with E-state index in [0.717, 1.165) is 17.7 Å². The van der Waals surface area contributed by atoms with Gasteiger partial charge in [-0.3, -0.25) is 0 Å². The first-order chi connectivity index (χ1) is 7.83. The molecule has 2 aliphatic rings. The molecule has 0 N–H and O–H groups in total. The van der Waals surface area contributed by atoms with E-state index in [4.69, 9.17) is 4.52 Å². The second-order valence-corrected chi connectivity index (χ2v) is 5.49. The number of rotatable bonds is 1. The van der Waals surface area contributed by atoms with E-state index >= 15 is 0 Å². The molecule has 0 saturated heterocycles. The van der Waals surface area contributed by atoms with Gasteiger partial charge in [-0.1, -0.05) is 30.8 Å². The van der Waals surface area contributed by atoms with Gasteiger partial charge >= 0.3 is 0 Å². The topological polar surface area (TPSA) is 38.9 Å². The highest BCUT2D eigenvalue weighted by molar-refractivity contribution is 4.99. The lowest BCUT2D eigenvalue weighted by Crippen LogP contribution is -2.27. The third-order valence-electron chi connectivity index (χ3n) is 4.45. The van der Waals surface area contributed by atoms with Crippen molar-refractivity contribution in [1.29, 1.82) is 0 Å². The summed E-state index contributed by atoms with van der Waals surface area (Å²) in [6, 6.07) is 0. The number of nitrogens with zero attached hydrogens (tertiary/aromatic N) is 2. The first-order valence-corrected chi connectivity index (χ1v) is 6.63. The normalized spacial score (nSPS) is 34.7. The first kappa shape index (κ1) is 10.3. The van der Waals surface area contributed by atoms with Crippen LogP contribution in [-0.4, -0.2) is 10.1 Å². The van der Waals surface area contributed by atoms with Gasteiger partial charge in [0.2, 0.25) is 5.89 Å². The minimum atomic E-state index is 0.566. The maximum atomic E-state index is 5.09. The molecule has 0 bridgehead atoms. The Balaban J connectivity index is 1.70. The first-order valence-electron chi connectivity index (χ1n) is 6.63. The summed E-state index contributed by atoms with van der Waals surface area (Å²) in [6.07, 6.45) is 9.71. The van der Waals surface area contributed by atoms with Crippen LogP contribution in [0.1, 0.15) is 62.6 Å². The zero-order valence-electron chi connectivity index (χ0n) is 9.98. The smallest absolute Gasteiger partial charge is 0.223 e. The highest BCUT2D eigenvalue weighted by atomic mass is 16.5. The van der Waals surface area contributed by atoms with Crippen LogP contribution in [0.25, 0.3) is 0 Å². The van der Waals surface area contributed by atoms with Gasteiger partial charge in [-0.2, -0.15) is 4.98 Å². The molecule has 16 heavy (non-hydrogen) atoms. The molecule has 1 aromatic heterocycles. The molecule has 0 aromatic carbocycles. The van der Waals surface area contributed by atoms with Gasteiger partial charge in [0, 0.05) is 12.8 Å². The van der Waals surface area contributed by atoms with Gasteiger partial charge in [0.05, 0.1) is 0 Å². The van der Waals surface area contributed by atoms with E-state index in [9.17, 15) is 0 Å². The van der Waals surface area contributed by atoms with Crippen molar-refractivity contribution in [2.75, 3.05) is 0 Å². The molecule has 0 radical (unpaired) electrons. The maximum absolute atomic E-state index is 5.09. The fourth-order valence-electron chi connectivity index (χ4n) is 3.59. The van der Waals surface area contributed by atoms with E-state index < -0.39 is 0 Å². The Morgan fingerprint density at radius 1 is 1.06 bits per heavy atom. The Hall–Kier alpha value is -0.860. The molecule has 0 amide bonds. The third kappa shape index (κ3) is 1.87. The van der Waals surface area contributed by atoms with Crippen LogP contribution in [0, 0.1) is 18.8 Å². The fraction of sp³-hybridized carbons (Fsp3) is 0.846. The second-order valence-electron chi connectivity index (χ2n) is 5.49. The molecule has 88 valence electrons. The Bertz CT molecular complexity index is 361. The standard InChI is InChI=1S/C13H20N2O/c1-9-14-13(15-16-9)12-7-6-10-4-2-3-5-11(10)8-12/h10-12H,2-8H2,1H3/t10?,11?,12-/m1/s1. The summed E-state index contributed by atoms with van der Waals surface area (Å²) in [6.45, 7) is 1.88. The monoisotopic (exact) mass is 220 g/mol. The summed E-state index contributed by atoms with van der Waals surface area (Å²) in [5.41, 5.74) is 0. The van der Waals surface area contributed by atoms with Crippen molar-refractivity contribution in [3.05, 3.63) is 11.7 Å². The van der Waals surface area contributed by atoms with Gasteiger partial charge in [0.25, 0.3) is 0 Å². The number of hydrogen-bond donors (Lipinski definition) is 0. The molecular formula is C13H20N2O. The second kappa shape index (κ2) is 4.19. The Labute approximate surface area is 96.6 Å². The molecular weight excluding hydrogens is 200 g/mol. The molecule has 3 atom stereocenters. The van der Waals surface area contributed by atoms with Crippen LogP contribution >= 0.6 is 0 Å². The van der Waals surface area contributed by atoms with Crippen LogP contribution in [0.15, 0.2) is 4.52 Å². The highest BCUT2D eigenvalue weighted by Gasteiger charge is 2.34. The Kier molecular flexibility index (Phi) is 2.70. The quantitative estimate of drug-likeness (QED) is 0.727. The lowest BCUT2D eigenvalue weighted by Gasteiger charge is -2.38. The van der Waals surface area contributed by atoms with Crippen LogP contribution in [0.2, 0.25) is 0 Å². The lowest BCUT2D eigenvalue weighted by molar-refractivity contribution is 0.152. The van der Waals surface area contributed by atoms with E-state index in [-0.39, 0.29) is 0 Å². The number of fused-ring (bicyclic) bond motifs is 1. The molecule has 1 aromatic rings. The van der Waals surface area contributed by atoms with Gasteiger partial charge < -0.3 is 4.52 Å². The largest absolute Gasteiger partial charge is 0.340 e. The predicted molar refractivity (Wildman–Crippen MR) is 61.1 cm³/mol. The average Bonchev–Trinajstić information content (AvgIpc) is 2.75. The molecule has 2 unspecified atom stereocenters. The highest BCUT2D eigenvalue weighted by Crippen LogP contribution is 2.45. The van der Waals surface area contributed by atoms with E-state index in [2.05, 4.69) is 10.1 Å². The van der Waals surface area contributed by atoms with Gasteiger partial charge in [0.15, 0.2) is 5.82 Å². The van der Waals surface area contributed by atoms with Crippen LogP contribution in [0.3, 0.4) is 0 Å². The molecule has 3 nitrogen and oxygen atoms in total. The Morgan fingerprint density at radius 3 is 2.62 bits per heavy atom. The molecule has 1 heterocycles. The third-order valence-corrected chi connectivity index (χ3v) is 4.45. The van der Waals surface area contributed by atoms with Crippen molar-refractivity contribution in [2.24, 2.45) is 11.8 Å². The summed E-state index contributed by atoms with van der Waals surface area (Å²) in [4.78, 5) is 4.39. The molecule has 0 spiro atoms. The molecule has 2 fully saturated rings. The van der Waals surface area contributed by atoms with Gasteiger partial charge in [0.1, 0.15) is 0 Å². The van der Waals surface area contributed by atoms with Crippen LogP contribution < -0.4 is 0 Å². The van der Waals surface area contributed by atoms with Crippen molar-refractivity contribution >= 4 is 0 Å². The average molecular weight is 220 g/mol.